The summed E-state index contributed by atoms with van der Waals surface area (Å²) in [4.78, 5) is 20.2. The molecular formula is C13H10FN3O4. The van der Waals surface area contributed by atoms with E-state index in [9.17, 15) is 24.6 Å². The summed E-state index contributed by atoms with van der Waals surface area (Å²) < 4.78 is 13.0. The van der Waals surface area contributed by atoms with E-state index in [1.54, 1.807) is 6.92 Å². The van der Waals surface area contributed by atoms with Crippen molar-refractivity contribution < 1.29 is 14.2 Å². The molecule has 0 aliphatic heterocycles. The Morgan fingerprint density at radius 1 is 1.00 bits per heavy atom. The fourth-order valence-corrected chi connectivity index (χ4v) is 1.80. The third-order valence-corrected chi connectivity index (χ3v) is 2.85. The van der Waals surface area contributed by atoms with Gasteiger partial charge in [0, 0.05) is 11.8 Å². The SMILES string of the molecule is Cc1cc(F)ccc1Nc1ccc([N+](=O)[O-])cc1[N+](=O)[O-]. The number of nitro benzene ring substituents is 2. The average molecular weight is 291 g/mol. The Bertz CT molecular complexity index is 733. The van der Waals surface area contributed by atoms with Gasteiger partial charge in [-0.15, -0.1) is 0 Å². The number of anilines is 2. The number of non-ortho nitro benzene ring substituents is 1. The largest absolute Gasteiger partial charge is 0.350 e. The van der Waals surface area contributed by atoms with E-state index in [0.717, 1.165) is 12.1 Å². The van der Waals surface area contributed by atoms with Crippen LogP contribution in [-0.4, -0.2) is 9.85 Å². The predicted molar refractivity (Wildman–Crippen MR) is 74.2 cm³/mol. The Balaban J connectivity index is 2.44. The molecule has 2 rings (SSSR count). The molecule has 8 heteroatoms. The third-order valence-electron chi connectivity index (χ3n) is 2.85. The number of halogens is 1. The summed E-state index contributed by atoms with van der Waals surface area (Å²) in [5.74, 6) is -0.420. The van der Waals surface area contributed by atoms with E-state index in [2.05, 4.69) is 5.32 Å². The lowest BCUT2D eigenvalue weighted by Crippen LogP contribution is -2.00. The van der Waals surface area contributed by atoms with Gasteiger partial charge in [0.2, 0.25) is 0 Å². The molecule has 0 aromatic heterocycles. The Morgan fingerprint density at radius 3 is 2.24 bits per heavy atom. The molecule has 108 valence electrons. The van der Waals surface area contributed by atoms with Gasteiger partial charge in [0.05, 0.1) is 15.9 Å². The van der Waals surface area contributed by atoms with Crippen LogP contribution in [0, 0.1) is 33.0 Å². The van der Waals surface area contributed by atoms with E-state index in [1.807, 2.05) is 0 Å². The van der Waals surface area contributed by atoms with Crippen molar-refractivity contribution in [2.45, 2.75) is 6.92 Å². The molecule has 0 fully saturated rings. The first-order valence-electron chi connectivity index (χ1n) is 5.84. The summed E-state index contributed by atoms with van der Waals surface area (Å²) in [7, 11) is 0. The first-order valence-corrected chi connectivity index (χ1v) is 5.84. The number of hydrogen-bond donors (Lipinski definition) is 1. The van der Waals surface area contributed by atoms with Gasteiger partial charge in [-0.3, -0.25) is 20.2 Å². The zero-order valence-corrected chi connectivity index (χ0v) is 10.9. The molecule has 0 unspecified atom stereocenters. The maximum atomic E-state index is 13.0. The molecular weight excluding hydrogens is 281 g/mol. The fourth-order valence-electron chi connectivity index (χ4n) is 1.80. The molecule has 0 spiro atoms. The van der Waals surface area contributed by atoms with Crippen LogP contribution in [0.5, 0.6) is 0 Å². The van der Waals surface area contributed by atoms with Gasteiger partial charge in [-0.25, -0.2) is 4.39 Å². The molecule has 0 radical (unpaired) electrons. The first-order chi connectivity index (χ1) is 9.88. The fraction of sp³-hybridized carbons (Fsp3) is 0.0769. The van der Waals surface area contributed by atoms with Crippen LogP contribution in [0.1, 0.15) is 5.56 Å². The molecule has 0 aliphatic carbocycles. The van der Waals surface area contributed by atoms with Crippen LogP contribution in [-0.2, 0) is 0 Å². The normalized spacial score (nSPS) is 10.2. The van der Waals surface area contributed by atoms with Gasteiger partial charge in [-0.1, -0.05) is 0 Å². The lowest BCUT2D eigenvalue weighted by Gasteiger charge is -2.09. The van der Waals surface area contributed by atoms with E-state index >= 15 is 0 Å². The number of benzene rings is 2. The summed E-state index contributed by atoms with van der Waals surface area (Å²) in [5.41, 5.74) is 0.340. The maximum Gasteiger partial charge on any atom is 0.299 e. The Hall–Kier alpha value is -3.03. The first kappa shape index (κ1) is 14.4. The van der Waals surface area contributed by atoms with Crippen LogP contribution in [0.2, 0.25) is 0 Å². The summed E-state index contributed by atoms with van der Waals surface area (Å²) in [6, 6.07) is 7.22. The van der Waals surface area contributed by atoms with Gasteiger partial charge in [0.15, 0.2) is 0 Å². The molecule has 0 saturated carbocycles. The van der Waals surface area contributed by atoms with E-state index in [-0.39, 0.29) is 11.4 Å². The Labute approximate surface area is 118 Å². The van der Waals surface area contributed by atoms with Crippen LogP contribution < -0.4 is 5.32 Å². The van der Waals surface area contributed by atoms with Crippen LogP contribution in [0.4, 0.5) is 27.1 Å². The van der Waals surface area contributed by atoms with Crippen molar-refractivity contribution in [3.63, 3.8) is 0 Å². The Morgan fingerprint density at radius 2 is 1.67 bits per heavy atom. The molecule has 0 atom stereocenters. The summed E-state index contributed by atoms with van der Waals surface area (Å²) >= 11 is 0. The van der Waals surface area contributed by atoms with E-state index in [0.29, 0.717) is 11.3 Å². The summed E-state index contributed by atoms with van der Waals surface area (Å²) in [6.07, 6.45) is 0. The molecule has 0 heterocycles. The van der Waals surface area contributed by atoms with Crippen LogP contribution >= 0.6 is 0 Å². The van der Waals surface area contributed by atoms with Gasteiger partial charge >= 0.3 is 0 Å². The molecule has 1 N–H and O–H groups in total. The van der Waals surface area contributed by atoms with Crippen LogP contribution in [0.3, 0.4) is 0 Å². The highest BCUT2D eigenvalue weighted by molar-refractivity contribution is 5.73. The van der Waals surface area contributed by atoms with Crippen molar-refractivity contribution in [3.8, 4) is 0 Å². The molecule has 0 amide bonds. The number of rotatable bonds is 4. The van der Waals surface area contributed by atoms with Crippen molar-refractivity contribution in [1.29, 1.82) is 0 Å². The topological polar surface area (TPSA) is 98.3 Å². The van der Waals surface area contributed by atoms with E-state index < -0.39 is 21.4 Å². The minimum atomic E-state index is -0.714. The van der Waals surface area contributed by atoms with Gasteiger partial charge in [0.1, 0.15) is 11.5 Å². The minimum Gasteiger partial charge on any atom is -0.350 e. The van der Waals surface area contributed by atoms with Crippen LogP contribution in [0.15, 0.2) is 36.4 Å². The lowest BCUT2D eigenvalue weighted by atomic mass is 10.1. The molecule has 0 saturated heterocycles. The van der Waals surface area contributed by atoms with Crippen molar-refractivity contribution in [1.82, 2.24) is 0 Å². The number of nitro groups is 2. The van der Waals surface area contributed by atoms with Gasteiger partial charge in [0.25, 0.3) is 11.4 Å². The smallest absolute Gasteiger partial charge is 0.299 e. The number of nitrogens with zero attached hydrogens (tertiary/aromatic N) is 2. The standard InChI is InChI=1S/C13H10FN3O4/c1-8-6-9(14)2-4-11(8)15-12-5-3-10(16(18)19)7-13(12)17(20)21/h2-7,15H,1H3. The molecule has 0 aliphatic rings. The third kappa shape index (κ3) is 3.11. The quantitative estimate of drug-likeness (QED) is 0.684. The second-order valence-corrected chi connectivity index (χ2v) is 4.30. The lowest BCUT2D eigenvalue weighted by molar-refractivity contribution is -0.393. The monoisotopic (exact) mass is 291 g/mol. The van der Waals surface area contributed by atoms with Crippen LogP contribution in [0.25, 0.3) is 0 Å². The molecule has 2 aromatic rings. The summed E-state index contributed by atoms with van der Waals surface area (Å²) in [5, 5.41) is 24.5. The average Bonchev–Trinajstić information content (AvgIpc) is 2.41. The molecule has 2 aromatic carbocycles. The van der Waals surface area contributed by atoms with Crippen molar-refractivity contribution in [2.24, 2.45) is 0 Å². The second kappa shape index (κ2) is 5.53. The van der Waals surface area contributed by atoms with E-state index in [4.69, 9.17) is 0 Å². The van der Waals surface area contributed by atoms with Crippen molar-refractivity contribution in [2.75, 3.05) is 5.32 Å². The van der Waals surface area contributed by atoms with Crippen molar-refractivity contribution in [3.05, 3.63) is 68.0 Å². The summed E-state index contributed by atoms with van der Waals surface area (Å²) in [6.45, 7) is 1.64. The predicted octanol–water partition coefficient (Wildman–Crippen LogP) is 3.69. The van der Waals surface area contributed by atoms with Gasteiger partial charge < -0.3 is 5.32 Å². The highest BCUT2D eigenvalue weighted by Gasteiger charge is 2.19. The van der Waals surface area contributed by atoms with Crippen molar-refractivity contribution >= 4 is 22.7 Å². The zero-order chi connectivity index (χ0) is 15.6. The zero-order valence-electron chi connectivity index (χ0n) is 10.9. The Kier molecular flexibility index (Phi) is 3.79. The number of hydrogen-bond acceptors (Lipinski definition) is 5. The molecule has 7 nitrogen and oxygen atoms in total. The van der Waals surface area contributed by atoms with E-state index in [1.165, 1.54) is 24.3 Å². The highest BCUT2D eigenvalue weighted by Crippen LogP contribution is 2.32. The maximum absolute atomic E-state index is 13.0. The molecule has 21 heavy (non-hydrogen) atoms. The van der Waals surface area contributed by atoms with Gasteiger partial charge in [-0.2, -0.15) is 0 Å². The number of aryl methyl sites for hydroxylation is 1. The highest BCUT2D eigenvalue weighted by atomic mass is 19.1. The van der Waals surface area contributed by atoms with Gasteiger partial charge in [-0.05, 0) is 36.8 Å². The molecule has 0 bridgehead atoms. The minimum absolute atomic E-state index is 0.0975. The second-order valence-electron chi connectivity index (χ2n) is 4.30. The number of nitrogens with one attached hydrogen (secondary N) is 1.